The van der Waals surface area contributed by atoms with Crippen molar-refractivity contribution in [1.82, 2.24) is 9.78 Å². The Morgan fingerprint density at radius 2 is 2.15 bits per heavy atom. The third-order valence-electron chi connectivity index (χ3n) is 3.80. The van der Waals surface area contributed by atoms with E-state index >= 15 is 0 Å². The molecule has 2 heterocycles. The molecule has 0 radical (unpaired) electrons. The Morgan fingerprint density at radius 1 is 1.35 bits per heavy atom. The van der Waals surface area contributed by atoms with Gasteiger partial charge >= 0.3 is 0 Å². The summed E-state index contributed by atoms with van der Waals surface area (Å²) < 4.78 is 1.83. The Kier molecular flexibility index (Phi) is 3.30. The largest absolute Gasteiger partial charge is 0.309 e. The Hall–Kier alpha value is -2.10. The summed E-state index contributed by atoms with van der Waals surface area (Å²) in [7, 11) is 0. The van der Waals surface area contributed by atoms with Crippen LogP contribution in [-0.4, -0.2) is 21.7 Å². The summed E-state index contributed by atoms with van der Waals surface area (Å²) in [5.41, 5.74) is 3.32. The first-order chi connectivity index (χ1) is 9.65. The highest BCUT2D eigenvalue weighted by molar-refractivity contribution is 5.96. The number of fused-ring (bicyclic) bond motifs is 1. The average Bonchev–Trinajstić information content (AvgIpc) is 2.98. The smallest absolute Gasteiger partial charge is 0.229 e. The second-order valence-corrected chi connectivity index (χ2v) is 5.42. The number of carbonyl (C=O) groups excluding carboxylic acids is 1. The third-order valence-corrected chi connectivity index (χ3v) is 3.80. The molecule has 0 bridgehead atoms. The number of amides is 1. The number of carbonyl (C=O) groups is 1. The van der Waals surface area contributed by atoms with Crippen molar-refractivity contribution in [2.24, 2.45) is 0 Å². The van der Waals surface area contributed by atoms with Crippen LogP contribution in [0.1, 0.15) is 24.6 Å². The average molecular weight is 269 g/mol. The van der Waals surface area contributed by atoms with Gasteiger partial charge in [0, 0.05) is 30.9 Å². The van der Waals surface area contributed by atoms with E-state index in [2.05, 4.69) is 18.1 Å². The first kappa shape index (κ1) is 12.9. The maximum Gasteiger partial charge on any atom is 0.229 e. The quantitative estimate of drug-likeness (QED) is 0.859. The standard InChI is InChI=1S/C16H19N3O/c1-12-7-9-18(17-12)10-8-16(20)19-13(2)11-14-5-3-4-6-15(14)19/h3-7,9,13H,8,10-11H2,1-2H3/t13-/m0/s1. The Morgan fingerprint density at radius 3 is 2.90 bits per heavy atom. The molecule has 20 heavy (non-hydrogen) atoms. The summed E-state index contributed by atoms with van der Waals surface area (Å²) in [5.74, 6) is 0.176. The molecule has 3 rings (SSSR count). The molecule has 0 saturated carbocycles. The van der Waals surface area contributed by atoms with E-state index in [0.717, 1.165) is 17.8 Å². The highest BCUT2D eigenvalue weighted by atomic mass is 16.2. The predicted molar refractivity (Wildman–Crippen MR) is 78.7 cm³/mol. The number of anilines is 1. The minimum Gasteiger partial charge on any atom is -0.309 e. The summed E-state index contributed by atoms with van der Waals surface area (Å²) >= 11 is 0. The zero-order chi connectivity index (χ0) is 14.1. The topological polar surface area (TPSA) is 38.1 Å². The van der Waals surface area contributed by atoms with Gasteiger partial charge in [0.25, 0.3) is 0 Å². The SMILES string of the molecule is Cc1ccn(CCC(=O)N2c3ccccc3C[C@@H]2C)n1. The van der Waals surface area contributed by atoms with E-state index in [0.29, 0.717) is 13.0 Å². The number of benzene rings is 1. The molecule has 1 aromatic heterocycles. The van der Waals surface area contributed by atoms with Crippen LogP contribution in [0.5, 0.6) is 0 Å². The van der Waals surface area contributed by atoms with Gasteiger partial charge in [0.1, 0.15) is 0 Å². The molecule has 0 saturated heterocycles. The van der Waals surface area contributed by atoms with Gasteiger partial charge in [-0.1, -0.05) is 18.2 Å². The minimum absolute atomic E-state index is 0.176. The monoisotopic (exact) mass is 269 g/mol. The Labute approximate surface area is 119 Å². The van der Waals surface area contributed by atoms with E-state index < -0.39 is 0 Å². The first-order valence-electron chi connectivity index (χ1n) is 7.05. The van der Waals surface area contributed by atoms with Crippen LogP contribution >= 0.6 is 0 Å². The fraction of sp³-hybridized carbons (Fsp3) is 0.375. The summed E-state index contributed by atoms with van der Waals surface area (Å²) in [4.78, 5) is 14.4. The molecule has 1 aliphatic heterocycles. The molecular formula is C16H19N3O. The molecule has 0 unspecified atom stereocenters. The summed E-state index contributed by atoms with van der Waals surface area (Å²) in [6, 6.07) is 10.4. The number of hydrogen-bond acceptors (Lipinski definition) is 2. The molecule has 4 heteroatoms. The van der Waals surface area contributed by atoms with Gasteiger partial charge in [-0.2, -0.15) is 5.10 Å². The molecule has 4 nitrogen and oxygen atoms in total. The van der Waals surface area contributed by atoms with Gasteiger partial charge in [-0.15, -0.1) is 0 Å². The van der Waals surface area contributed by atoms with Crippen molar-refractivity contribution in [2.75, 3.05) is 4.90 Å². The lowest BCUT2D eigenvalue weighted by Crippen LogP contribution is -2.36. The number of hydrogen-bond donors (Lipinski definition) is 0. The second-order valence-electron chi connectivity index (χ2n) is 5.42. The molecular weight excluding hydrogens is 250 g/mol. The number of para-hydroxylation sites is 1. The molecule has 104 valence electrons. The van der Waals surface area contributed by atoms with Crippen molar-refractivity contribution in [3.63, 3.8) is 0 Å². The van der Waals surface area contributed by atoms with Gasteiger partial charge in [-0.3, -0.25) is 9.48 Å². The van der Waals surface area contributed by atoms with Crippen molar-refractivity contribution in [3.8, 4) is 0 Å². The predicted octanol–water partition coefficient (Wildman–Crippen LogP) is 2.56. The summed E-state index contributed by atoms with van der Waals surface area (Å²) in [6.45, 7) is 4.70. The molecule has 1 aliphatic rings. The number of aryl methyl sites for hydroxylation is 2. The lowest BCUT2D eigenvalue weighted by molar-refractivity contribution is -0.119. The fourth-order valence-electron chi connectivity index (χ4n) is 2.86. The molecule has 1 atom stereocenters. The number of aromatic nitrogens is 2. The van der Waals surface area contributed by atoms with Gasteiger partial charge in [0.2, 0.25) is 5.91 Å². The van der Waals surface area contributed by atoms with Crippen molar-refractivity contribution in [1.29, 1.82) is 0 Å². The summed E-state index contributed by atoms with van der Waals surface area (Å²) in [5, 5.41) is 4.32. The lowest BCUT2D eigenvalue weighted by atomic mass is 10.1. The van der Waals surface area contributed by atoms with Crippen LogP contribution in [0.3, 0.4) is 0 Å². The van der Waals surface area contributed by atoms with Crippen LogP contribution in [-0.2, 0) is 17.8 Å². The van der Waals surface area contributed by atoms with Crippen LogP contribution in [0.4, 0.5) is 5.69 Å². The van der Waals surface area contributed by atoms with Crippen LogP contribution < -0.4 is 4.90 Å². The van der Waals surface area contributed by atoms with E-state index in [1.54, 1.807) is 0 Å². The second kappa shape index (κ2) is 5.12. The van der Waals surface area contributed by atoms with Gasteiger partial charge in [0.15, 0.2) is 0 Å². The minimum atomic E-state index is 0.176. The fourth-order valence-corrected chi connectivity index (χ4v) is 2.86. The number of rotatable bonds is 3. The summed E-state index contributed by atoms with van der Waals surface area (Å²) in [6.07, 6.45) is 3.35. The molecule has 0 aliphatic carbocycles. The van der Waals surface area contributed by atoms with Gasteiger partial charge in [-0.25, -0.2) is 0 Å². The zero-order valence-electron chi connectivity index (χ0n) is 11.9. The normalized spacial score (nSPS) is 17.3. The molecule has 0 N–H and O–H groups in total. The molecule has 1 aromatic carbocycles. The van der Waals surface area contributed by atoms with Gasteiger partial charge in [0.05, 0.1) is 5.69 Å². The molecule has 0 spiro atoms. The third kappa shape index (κ3) is 2.33. The van der Waals surface area contributed by atoms with Gasteiger partial charge < -0.3 is 4.90 Å². The van der Waals surface area contributed by atoms with Crippen molar-refractivity contribution in [3.05, 3.63) is 47.8 Å². The Bertz CT molecular complexity index is 632. The van der Waals surface area contributed by atoms with Crippen LogP contribution in [0.15, 0.2) is 36.5 Å². The van der Waals surface area contributed by atoms with Gasteiger partial charge in [-0.05, 0) is 38.0 Å². The van der Waals surface area contributed by atoms with E-state index in [9.17, 15) is 4.79 Å². The highest BCUT2D eigenvalue weighted by Gasteiger charge is 2.29. The zero-order valence-corrected chi connectivity index (χ0v) is 11.9. The lowest BCUT2D eigenvalue weighted by Gasteiger charge is -2.22. The van der Waals surface area contributed by atoms with E-state index in [-0.39, 0.29) is 11.9 Å². The van der Waals surface area contributed by atoms with E-state index in [1.165, 1.54) is 5.56 Å². The van der Waals surface area contributed by atoms with E-state index in [4.69, 9.17) is 0 Å². The van der Waals surface area contributed by atoms with E-state index in [1.807, 2.05) is 47.0 Å². The van der Waals surface area contributed by atoms with Crippen molar-refractivity contribution in [2.45, 2.75) is 39.3 Å². The van der Waals surface area contributed by atoms with Crippen LogP contribution in [0.2, 0.25) is 0 Å². The first-order valence-corrected chi connectivity index (χ1v) is 7.05. The maximum atomic E-state index is 12.5. The maximum absolute atomic E-state index is 12.5. The molecule has 0 fully saturated rings. The number of nitrogens with zero attached hydrogens (tertiary/aromatic N) is 3. The highest BCUT2D eigenvalue weighted by Crippen LogP contribution is 2.32. The molecule has 1 amide bonds. The Balaban J connectivity index is 1.71. The van der Waals surface area contributed by atoms with Crippen molar-refractivity contribution >= 4 is 11.6 Å². The van der Waals surface area contributed by atoms with Crippen LogP contribution in [0, 0.1) is 6.92 Å². The van der Waals surface area contributed by atoms with Crippen LogP contribution in [0.25, 0.3) is 0 Å². The van der Waals surface area contributed by atoms with Crippen molar-refractivity contribution < 1.29 is 4.79 Å². The molecule has 2 aromatic rings.